The summed E-state index contributed by atoms with van der Waals surface area (Å²) in [7, 11) is 1.36. The third kappa shape index (κ3) is 3.44. The second-order valence-corrected chi connectivity index (χ2v) is 3.71. The Bertz CT molecular complexity index is 271. The van der Waals surface area contributed by atoms with E-state index in [9.17, 15) is 14.7 Å². The van der Waals surface area contributed by atoms with Crippen molar-refractivity contribution in [3.8, 4) is 0 Å². The van der Waals surface area contributed by atoms with E-state index in [2.05, 4.69) is 15.4 Å². The molecule has 3 unspecified atom stereocenters. The van der Waals surface area contributed by atoms with Gasteiger partial charge < -0.3 is 25.6 Å². The number of rotatable bonds is 5. The number of carboxylic acid groups (broad SMARTS) is 1. The van der Waals surface area contributed by atoms with E-state index in [4.69, 9.17) is 5.11 Å². The molecule has 0 radical (unpaired) electrons. The van der Waals surface area contributed by atoms with Crippen LogP contribution in [0.15, 0.2) is 0 Å². The van der Waals surface area contributed by atoms with Crippen molar-refractivity contribution in [1.82, 2.24) is 10.6 Å². The number of aliphatic hydroxyl groups excluding tert-OH is 1. The molecule has 0 aliphatic carbocycles. The quantitative estimate of drug-likeness (QED) is 0.433. The van der Waals surface area contributed by atoms with E-state index in [1.54, 1.807) is 0 Å². The van der Waals surface area contributed by atoms with E-state index in [1.165, 1.54) is 7.11 Å². The van der Waals surface area contributed by atoms with Crippen LogP contribution < -0.4 is 10.6 Å². The molecule has 1 rings (SSSR count). The first-order valence-corrected chi connectivity index (χ1v) is 4.98. The molecule has 0 aromatic carbocycles. The van der Waals surface area contributed by atoms with E-state index >= 15 is 0 Å². The van der Waals surface area contributed by atoms with E-state index < -0.39 is 30.1 Å². The van der Waals surface area contributed by atoms with Crippen LogP contribution in [0, 0.1) is 0 Å². The highest BCUT2D eigenvalue weighted by Gasteiger charge is 2.30. The minimum atomic E-state index is -1.14. The fourth-order valence-corrected chi connectivity index (χ4v) is 1.53. The van der Waals surface area contributed by atoms with Crippen LogP contribution in [0.4, 0.5) is 0 Å². The molecule has 1 fully saturated rings. The van der Waals surface area contributed by atoms with Crippen LogP contribution in [0.1, 0.15) is 6.42 Å². The number of carbonyl (C=O) groups is 2. The van der Waals surface area contributed by atoms with Crippen molar-refractivity contribution in [3.63, 3.8) is 0 Å². The lowest BCUT2D eigenvalue weighted by Gasteiger charge is -2.16. The molecular weight excluding hydrogens is 216 g/mol. The highest BCUT2D eigenvalue weighted by Crippen LogP contribution is 2.06. The zero-order valence-corrected chi connectivity index (χ0v) is 8.97. The smallest absolute Gasteiger partial charge is 0.328 e. The van der Waals surface area contributed by atoms with Gasteiger partial charge in [0, 0.05) is 13.7 Å². The minimum absolute atomic E-state index is 0.0870. The predicted molar refractivity (Wildman–Crippen MR) is 53.9 cm³/mol. The molecule has 0 aromatic heterocycles. The third-order valence-electron chi connectivity index (χ3n) is 2.37. The van der Waals surface area contributed by atoms with Crippen LogP contribution in [0.3, 0.4) is 0 Å². The zero-order valence-electron chi connectivity index (χ0n) is 8.97. The Morgan fingerprint density at radius 3 is 2.75 bits per heavy atom. The van der Waals surface area contributed by atoms with Crippen LogP contribution in [-0.4, -0.2) is 60.5 Å². The highest BCUT2D eigenvalue weighted by atomic mass is 16.5. The average Bonchev–Trinajstić information content (AvgIpc) is 2.64. The van der Waals surface area contributed by atoms with Crippen molar-refractivity contribution < 1.29 is 24.5 Å². The molecule has 0 aromatic rings. The number of nitrogens with one attached hydrogen (secondary N) is 2. The Morgan fingerprint density at radius 1 is 1.62 bits per heavy atom. The van der Waals surface area contributed by atoms with Gasteiger partial charge in [-0.2, -0.15) is 0 Å². The molecule has 0 bridgehead atoms. The number of amides is 1. The number of carboxylic acids is 1. The molecule has 7 nitrogen and oxygen atoms in total. The zero-order chi connectivity index (χ0) is 12.1. The Hall–Kier alpha value is -1.18. The van der Waals surface area contributed by atoms with E-state index in [0.717, 1.165) is 0 Å². The first kappa shape index (κ1) is 12.9. The van der Waals surface area contributed by atoms with Crippen LogP contribution >= 0.6 is 0 Å². The van der Waals surface area contributed by atoms with Crippen molar-refractivity contribution in [2.75, 3.05) is 20.3 Å². The lowest BCUT2D eigenvalue weighted by atomic mass is 10.2. The summed E-state index contributed by atoms with van der Waals surface area (Å²) in [5.74, 6) is -1.57. The van der Waals surface area contributed by atoms with Gasteiger partial charge in [-0.1, -0.05) is 0 Å². The molecule has 7 heteroatoms. The first-order valence-electron chi connectivity index (χ1n) is 4.98. The molecule has 1 aliphatic rings. The van der Waals surface area contributed by atoms with Gasteiger partial charge in [0.1, 0.15) is 0 Å². The maximum atomic E-state index is 11.6. The van der Waals surface area contributed by atoms with E-state index in [1.807, 2.05) is 0 Å². The van der Waals surface area contributed by atoms with Crippen LogP contribution in [0.2, 0.25) is 0 Å². The second kappa shape index (κ2) is 5.78. The predicted octanol–water partition coefficient (Wildman–Crippen LogP) is -2.07. The van der Waals surface area contributed by atoms with Crippen LogP contribution in [0.25, 0.3) is 0 Å². The Kier molecular flexibility index (Phi) is 4.66. The second-order valence-electron chi connectivity index (χ2n) is 3.71. The average molecular weight is 232 g/mol. The Labute approximate surface area is 92.8 Å². The maximum absolute atomic E-state index is 11.6. The van der Waals surface area contributed by atoms with Crippen molar-refractivity contribution in [2.24, 2.45) is 0 Å². The molecule has 0 spiro atoms. The first-order chi connectivity index (χ1) is 7.54. The van der Waals surface area contributed by atoms with Gasteiger partial charge in [-0.05, 0) is 6.42 Å². The summed E-state index contributed by atoms with van der Waals surface area (Å²) in [6.45, 7) is 0.260. The number of aliphatic hydroxyl groups is 1. The van der Waals surface area contributed by atoms with Crippen molar-refractivity contribution in [3.05, 3.63) is 0 Å². The number of ether oxygens (including phenoxy) is 1. The summed E-state index contributed by atoms with van der Waals surface area (Å²) in [6.07, 6.45) is -0.257. The molecule has 3 atom stereocenters. The standard InChI is InChI=1S/C9H16N2O5/c1-16-4-7(9(14)15)11-8(13)6-2-5(12)3-10-6/h5-7,10,12H,2-4H2,1H3,(H,11,13)(H,14,15). The summed E-state index contributed by atoms with van der Waals surface area (Å²) in [4.78, 5) is 22.3. The number of hydrogen-bond acceptors (Lipinski definition) is 5. The van der Waals surface area contributed by atoms with Crippen molar-refractivity contribution in [2.45, 2.75) is 24.6 Å². The fourth-order valence-electron chi connectivity index (χ4n) is 1.53. The minimum Gasteiger partial charge on any atom is -0.480 e. The molecular formula is C9H16N2O5. The molecule has 0 saturated carbocycles. The third-order valence-corrected chi connectivity index (χ3v) is 2.37. The summed E-state index contributed by atoms with van der Waals surface area (Å²) < 4.78 is 4.68. The Morgan fingerprint density at radius 2 is 2.31 bits per heavy atom. The lowest BCUT2D eigenvalue weighted by Crippen LogP contribution is -2.50. The van der Waals surface area contributed by atoms with Gasteiger partial charge in [-0.15, -0.1) is 0 Å². The molecule has 1 aliphatic heterocycles. The van der Waals surface area contributed by atoms with Crippen LogP contribution in [-0.2, 0) is 14.3 Å². The highest BCUT2D eigenvalue weighted by molar-refractivity contribution is 5.87. The van der Waals surface area contributed by atoms with Gasteiger partial charge in [0.2, 0.25) is 5.91 Å². The topological polar surface area (TPSA) is 108 Å². The van der Waals surface area contributed by atoms with Gasteiger partial charge in [-0.25, -0.2) is 4.79 Å². The molecule has 92 valence electrons. The number of carbonyl (C=O) groups excluding carboxylic acids is 1. The van der Waals surface area contributed by atoms with Crippen LogP contribution in [0.5, 0.6) is 0 Å². The molecule has 1 saturated heterocycles. The monoisotopic (exact) mass is 232 g/mol. The fraction of sp³-hybridized carbons (Fsp3) is 0.778. The van der Waals surface area contributed by atoms with Gasteiger partial charge in [0.15, 0.2) is 6.04 Å². The molecule has 1 heterocycles. The van der Waals surface area contributed by atoms with Gasteiger partial charge >= 0.3 is 5.97 Å². The van der Waals surface area contributed by atoms with Crippen molar-refractivity contribution >= 4 is 11.9 Å². The number of methoxy groups -OCH3 is 1. The van der Waals surface area contributed by atoms with E-state index in [-0.39, 0.29) is 6.61 Å². The van der Waals surface area contributed by atoms with Gasteiger partial charge in [0.05, 0.1) is 18.8 Å². The normalized spacial score (nSPS) is 26.4. The molecule has 1 amide bonds. The van der Waals surface area contributed by atoms with Gasteiger partial charge in [0.25, 0.3) is 0 Å². The van der Waals surface area contributed by atoms with Crippen molar-refractivity contribution in [1.29, 1.82) is 0 Å². The maximum Gasteiger partial charge on any atom is 0.328 e. The molecule has 16 heavy (non-hydrogen) atoms. The summed E-state index contributed by atoms with van der Waals surface area (Å²) in [6, 6.07) is -1.59. The lowest BCUT2D eigenvalue weighted by molar-refractivity contribution is -0.143. The number of hydrogen-bond donors (Lipinski definition) is 4. The number of aliphatic carboxylic acids is 1. The summed E-state index contributed by atoms with van der Waals surface area (Å²) in [5, 5.41) is 23.1. The van der Waals surface area contributed by atoms with E-state index in [0.29, 0.717) is 13.0 Å². The summed E-state index contributed by atoms with van der Waals surface area (Å²) in [5.41, 5.74) is 0. The number of β-amino-alcohol motifs (C(OH)–C–C–N with tert-alkyl or cyclic N) is 1. The Balaban J connectivity index is 2.45. The molecule has 4 N–H and O–H groups in total. The SMILES string of the molecule is COCC(NC(=O)C1CC(O)CN1)C(=O)O. The largest absolute Gasteiger partial charge is 0.480 e. The van der Waals surface area contributed by atoms with Gasteiger partial charge in [-0.3, -0.25) is 4.79 Å². The summed E-state index contributed by atoms with van der Waals surface area (Å²) >= 11 is 0.